The molecule has 1 aromatic carbocycles. The van der Waals surface area contributed by atoms with Gasteiger partial charge in [0.25, 0.3) is 5.91 Å². The van der Waals surface area contributed by atoms with E-state index >= 15 is 0 Å². The minimum absolute atomic E-state index is 0.0553. The van der Waals surface area contributed by atoms with Crippen LogP contribution in [0, 0.1) is 5.92 Å². The van der Waals surface area contributed by atoms with Crippen molar-refractivity contribution in [2.24, 2.45) is 13.0 Å². The molecule has 0 saturated heterocycles. The van der Waals surface area contributed by atoms with Gasteiger partial charge in [0.15, 0.2) is 5.82 Å². The van der Waals surface area contributed by atoms with Gasteiger partial charge in [0, 0.05) is 23.2 Å². The van der Waals surface area contributed by atoms with Crippen molar-refractivity contribution in [2.75, 3.05) is 5.32 Å². The van der Waals surface area contributed by atoms with Gasteiger partial charge in [-0.25, -0.2) is 4.68 Å². The molecule has 3 aromatic rings. The second-order valence-corrected chi connectivity index (χ2v) is 7.70. The van der Waals surface area contributed by atoms with E-state index in [1.807, 2.05) is 24.3 Å². The van der Waals surface area contributed by atoms with Crippen molar-refractivity contribution in [1.29, 1.82) is 0 Å². The number of benzene rings is 1. The summed E-state index contributed by atoms with van der Waals surface area (Å²) in [5, 5.41) is 14.5. The number of fused-ring (bicyclic) bond motifs is 1. The summed E-state index contributed by atoms with van der Waals surface area (Å²) in [5.41, 5.74) is 2.95. The number of amides is 1. The van der Waals surface area contributed by atoms with Gasteiger partial charge in [-0.1, -0.05) is 19.1 Å². The second kappa shape index (κ2) is 6.40. The molecule has 4 rings (SSSR count). The first-order valence-corrected chi connectivity index (χ1v) is 9.17. The maximum Gasteiger partial charge on any atom is 0.265 e. The Labute approximate surface area is 149 Å². The van der Waals surface area contributed by atoms with Gasteiger partial charge in [-0.15, -0.1) is 16.4 Å². The fraction of sp³-hybridized carbons (Fsp3) is 0.333. The highest BCUT2D eigenvalue weighted by Gasteiger charge is 2.20. The lowest BCUT2D eigenvalue weighted by Crippen LogP contribution is -2.10. The largest absolute Gasteiger partial charge is 0.321 e. The number of rotatable bonds is 3. The molecule has 2 heterocycles. The first-order chi connectivity index (χ1) is 12.1. The summed E-state index contributed by atoms with van der Waals surface area (Å²) in [6, 6.07) is 9.63. The summed E-state index contributed by atoms with van der Waals surface area (Å²) in [4.78, 5) is 14.8. The molecule has 2 aromatic heterocycles. The fourth-order valence-corrected chi connectivity index (χ4v) is 4.32. The molecule has 1 unspecified atom stereocenters. The van der Waals surface area contributed by atoms with Gasteiger partial charge in [0.2, 0.25) is 0 Å². The summed E-state index contributed by atoms with van der Waals surface area (Å²) in [6.45, 7) is 2.27. The number of tetrazole rings is 1. The molecule has 1 aliphatic carbocycles. The molecule has 1 atom stereocenters. The SMILES string of the molecule is CC1CCc2sc(C(=O)Nc3cccc(-c4nnnn4C)c3)cc2C1. The number of nitrogens with one attached hydrogen (secondary N) is 1. The molecule has 0 fully saturated rings. The van der Waals surface area contributed by atoms with Crippen LogP contribution in [0.15, 0.2) is 30.3 Å². The van der Waals surface area contributed by atoms with Crippen LogP contribution in [-0.4, -0.2) is 26.1 Å². The summed E-state index contributed by atoms with van der Waals surface area (Å²) >= 11 is 1.62. The molecule has 1 aliphatic rings. The summed E-state index contributed by atoms with van der Waals surface area (Å²) < 4.78 is 1.61. The number of hydrogen-bond acceptors (Lipinski definition) is 5. The van der Waals surface area contributed by atoms with Crippen molar-refractivity contribution in [1.82, 2.24) is 20.2 Å². The zero-order valence-electron chi connectivity index (χ0n) is 14.2. The van der Waals surface area contributed by atoms with Crippen LogP contribution in [-0.2, 0) is 19.9 Å². The van der Waals surface area contributed by atoms with Crippen molar-refractivity contribution in [3.63, 3.8) is 0 Å². The number of aromatic nitrogens is 4. The quantitative estimate of drug-likeness (QED) is 0.784. The van der Waals surface area contributed by atoms with Crippen LogP contribution in [0.2, 0.25) is 0 Å². The number of anilines is 1. The standard InChI is InChI=1S/C18H19N5OS/c1-11-6-7-15-13(8-11)10-16(25-15)18(24)19-14-5-3-4-12(9-14)17-20-21-22-23(17)2/h3-5,9-11H,6-8H2,1-2H3,(H,19,24). The predicted octanol–water partition coefficient (Wildman–Crippen LogP) is 3.32. The molecular formula is C18H19N5OS. The van der Waals surface area contributed by atoms with E-state index in [1.54, 1.807) is 23.1 Å². The van der Waals surface area contributed by atoms with Crippen molar-refractivity contribution in [3.8, 4) is 11.4 Å². The number of nitrogens with zero attached hydrogens (tertiary/aromatic N) is 4. The monoisotopic (exact) mass is 353 g/mol. The van der Waals surface area contributed by atoms with Crippen molar-refractivity contribution in [2.45, 2.75) is 26.2 Å². The van der Waals surface area contributed by atoms with E-state index < -0.39 is 0 Å². The number of carbonyl (C=O) groups is 1. The Bertz CT molecular complexity index is 929. The van der Waals surface area contributed by atoms with Crippen molar-refractivity contribution >= 4 is 22.9 Å². The van der Waals surface area contributed by atoms with E-state index in [-0.39, 0.29) is 5.91 Å². The molecule has 1 amide bonds. The zero-order valence-corrected chi connectivity index (χ0v) is 15.0. The molecule has 0 radical (unpaired) electrons. The van der Waals surface area contributed by atoms with E-state index in [2.05, 4.69) is 33.8 Å². The van der Waals surface area contributed by atoms with E-state index in [9.17, 15) is 4.79 Å². The lowest BCUT2D eigenvalue weighted by Gasteiger charge is -2.16. The molecule has 128 valence electrons. The number of thiophene rings is 1. The third-order valence-corrected chi connectivity index (χ3v) is 5.79. The Kier molecular flexibility index (Phi) is 4.09. The fourth-order valence-electron chi connectivity index (χ4n) is 3.22. The highest BCUT2D eigenvalue weighted by Crippen LogP contribution is 2.32. The van der Waals surface area contributed by atoms with Crippen LogP contribution >= 0.6 is 11.3 Å². The van der Waals surface area contributed by atoms with E-state index in [0.29, 0.717) is 11.7 Å². The summed E-state index contributed by atoms with van der Waals surface area (Å²) in [7, 11) is 1.79. The number of hydrogen-bond donors (Lipinski definition) is 1. The maximum absolute atomic E-state index is 12.6. The normalized spacial score (nSPS) is 16.5. The Morgan fingerprint density at radius 2 is 2.24 bits per heavy atom. The van der Waals surface area contributed by atoms with Crippen LogP contribution in [0.1, 0.15) is 33.5 Å². The predicted molar refractivity (Wildman–Crippen MR) is 97.7 cm³/mol. The topological polar surface area (TPSA) is 72.7 Å². The van der Waals surface area contributed by atoms with Crippen LogP contribution < -0.4 is 5.32 Å². The highest BCUT2D eigenvalue weighted by atomic mass is 32.1. The van der Waals surface area contributed by atoms with Gasteiger partial charge < -0.3 is 5.32 Å². The average Bonchev–Trinajstić information content (AvgIpc) is 3.20. The van der Waals surface area contributed by atoms with Crippen LogP contribution in [0.3, 0.4) is 0 Å². The molecule has 6 nitrogen and oxygen atoms in total. The molecule has 0 bridgehead atoms. The van der Waals surface area contributed by atoms with Gasteiger partial charge in [0.05, 0.1) is 4.88 Å². The number of carbonyl (C=O) groups excluding carboxylic acids is 1. The van der Waals surface area contributed by atoms with E-state index in [0.717, 1.165) is 29.0 Å². The summed E-state index contributed by atoms with van der Waals surface area (Å²) in [5.74, 6) is 1.31. The van der Waals surface area contributed by atoms with E-state index in [1.165, 1.54) is 16.9 Å². The van der Waals surface area contributed by atoms with E-state index in [4.69, 9.17) is 0 Å². The molecule has 7 heteroatoms. The third-order valence-electron chi connectivity index (χ3n) is 4.55. The molecule has 25 heavy (non-hydrogen) atoms. The second-order valence-electron chi connectivity index (χ2n) is 6.57. The first-order valence-electron chi connectivity index (χ1n) is 8.36. The van der Waals surface area contributed by atoms with Crippen molar-refractivity contribution < 1.29 is 4.79 Å². The minimum Gasteiger partial charge on any atom is -0.321 e. The Morgan fingerprint density at radius 3 is 3.04 bits per heavy atom. The van der Waals surface area contributed by atoms with Gasteiger partial charge in [-0.3, -0.25) is 4.79 Å². The molecule has 0 saturated carbocycles. The Morgan fingerprint density at radius 1 is 1.36 bits per heavy atom. The van der Waals surface area contributed by atoms with Crippen molar-refractivity contribution in [3.05, 3.63) is 45.6 Å². The van der Waals surface area contributed by atoms with Crippen LogP contribution in [0.5, 0.6) is 0 Å². The lowest BCUT2D eigenvalue weighted by atomic mass is 9.90. The smallest absolute Gasteiger partial charge is 0.265 e. The first kappa shape index (κ1) is 16.0. The van der Waals surface area contributed by atoms with Gasteiger partial charge >= 0.3 is 0 Å². The third kappa shape index (κ3) is 3.19. The minimum atomic E-state index is -0.0553. The lowest BCUT2D eigenvalue weighted by molar-refractivity contribution is 0.103. The number of aryl methyl sites for hydroxylation is 2. The van der Waals surface area contributed by atoms with Crippen LogP contribution in [0.25, 0.3) is 11.4 Å². The van der Waals surface area contributed by atoms with Gasteiger partial charge in [-0.05, 0) is 59.4 Å². The Balaban J connectivity index is 1.55. The van der Waals surface area contributed by atoms with Gasteiger partial charge in [0.1, 0.15) is 0 Å². The summed E-state index contributed by atoms with van der Waals surface area (Å²) in [6.07, 6.45) is 3.37. The Hall–Kier alpha value is -2.54. The maximum atomic E-state index is 12.6. The molecule has 1 N–H and O–H groups in total. The molecule has 0 aliphatic heterocycles. The molecular weight excluding hydrogens is 334 g/mol. The molecule has 0 spiro atoms. The highest BCUT2D eigenvalue weighted by molar-refractivity contribution is 7.14. The average molecular weight is 353 g/mol. The van der Waals surface area contributed by atoms with Crippen LogP contribution in [0.4, 0.5) is 5.69 Å². The zero-order chi connectivity index (χ0) is 17.4. The van der Waals surface area contributed by atoms with Gasteiger partial charge in [-0.2, -0.15) is 0 Å².